The van der Waals surface area contributed by atoms with E-state index in [9.17, 15) is 9.18 Å². The standard InChI is InChI=1S/C10H17FOS2/c1-8(12)10(9(2)13-3)14-7-5-4-6-11/h4-7H2,1-3H3/b10-9+. The lowest BCUT2D eigenvalue weighted by Crippen LogP contribution is -1.96. The van der Waals surface area contributed by atoms with E-state index in [1.807, 2.05) is 13.2 Å². The van der Waals surface area contributed by atoms with Crippen LogP contribution in [0.5, 0.6) is 0 Å². The largest absolute Gasteiger partial charge is 0.294 e. The van der Waals surface area contributed by atoms with Crippen molar-refractivity contribution in [2.75, 3.05) is 18.7 Å². The van der Waals surface area contributed by atoms with Crippen LogP contribution in [0.2, 0.25) is 0 Å². The molecule has 0 unspecified atom stereocenters. The molecule has 1 nitrogen and oxygen atoms in total. The third-order valence-electron chi connectivity index (χ3n) is 1.72. The maximum Gasteiger partial charge on any atom is 0.166 e. The Morgan fingerprint density at radius 3 is 2.36 bits per heavy atom. The number of hydrogen-bond acceptors (Lipinski definition) is 3. The van der Waals surface area contributed by atoms with E-state index < -0.39 is 0 Å². The Kier molecular flexibility index (Phi) is 8.38. The fourth-order valence-electron chi connectivity index (χ4n) is 0.915. The van der Waals surface area contributed by atoms with E-state index >= 15 is 0 Å². The molecule has 0 aliphatic heterocycles. The molecule has 0 N–H and O–H groups in total. The molecule has 0 aliphatic carbocycles. The van der Waals surface area contributed by atoms with Gasteiger partial charge in [-0.15, -0.1) is 23.5 Å². The summed E-state index contributed by atoms with van der Waals surface area (Å²) in [5.41, 5.74) is 0. The second-order valence-corrected chi connectivity index (χ2v) is 5.02. The van der Waals surface area contributed by atoms with Gasteiger partial charge in [0.25, 0.3) is 0 Å². The number of allylic oxidation sites excluding steroid dienone is 2. The minimum Gasteiger partial charge on any atom is -0.294 e. The fraction of sp³-hybridized carbons (Fsp3) is 0.700. The van der Waals surface area contributed by atoms with E-state index in [4.69, 9.17) is 0 Å². The van der Waals surface area contributed by atoms with Gasteiger partial charge in [0.05, 0.1) is 11.6 Å². The van der Waals surface area contributed by atoms with Gasteiger partial charge in [0.1, 0.15) is 0 Å². The van der Waals surface area contributed by atoms with Gasteiger partial charge in [-0.3, -0.25) is 9.18 Å². The maximum absolute atomic E-state index is 11.8. The van der Waals surface area contributed by atoms with Gasteiger partial charge >= 0.3 is 0 Å². The Morgan fingerprint density at radius 1 is 1.29 bits per heavy atom. The zero-order valence-electron chi connectivity index (χ0n) is 8.93. The third kappa shape index (κ3) is 5.70. The first kappa shape index (κ1) is 14.0. The average molecular weight is 236 g/mol. The van der Waals surface area contributed by atoms with Crippen molar-refractivity contribution in [3.8, 4) is 0 Å². The first-order valence-electron chi connectivity index (χ1n) is 4.58. The van der Waals surface area contributed by atoms with Crippen molar-refractivity contribution in [2.24, 2.45) is 0 Å². The molecule has 4 heteroatoms. The molecule has 0 saturated carbocycles. The Morgan fingerprint density at radius 2 is 1.93 bits per heavy atom. The van der Waals surface area contributed by atoms with Gasteiger partial charge in [0.15, 0.2) is 5.78 Å². The molecular weight excluding hydrogens is 219 g/mol. The lowest BCUT2D eigenvalue weighted by atomic mass is 10.4. The van der Waals surface area contributed by atoms with Crippen molar-refractivity contribution in [3.05, 3.63) is 9.81 Å². The van der Waals surface area contributed by atoms with Gasteiger partial charge < -0.3 is 0 Å². The van der Waals surface area contributed by atoms with Crippen molar-refractivity contribution in [2.45, 2.75) is 26.7 Å². The van der Waals surface area contributed by atoms with Crippen LogP contribution in [0.4, 0.5) is 4.39 Å². The Balaban J connectivity index is 4.06. The van der Waals surface area contributed by atoms with Crippen LogP contribution in [0.1, 0.15) is 26.7 Å². The van der Waals surface area contributed by atoms with Crippen LogP contribution in [0, 0.1) is 0 Å². The van der Waals surface area contributed by atoms with Crippen LogP contribution in [0.15, 0.2) is 9.81 Å². The number of thioether (sulfide) groups is 2. The number of rotatable bonds is 7. The highest BCUT2D eigenvalue weighted by atomic mass is 32.2. The van der Waals surface area contributed by atoms with Crippen molar-refractivity contribution in [1.82, 2.24) is 0 Å². The van der Waals surface area contributed by atoms with Gasteiger partial charge in [0, 0.05) is 0 Å². The summed E-state index contributed by atoms with van der Waals surface area (Å²) in [4.78, 5) is 13.1. The molecule has 0 aromatic heterocycles. The number of unbranched alkanes of at least 4 members (excludes halogenated alkanes) is 1. The van der Waals surface area contributed by atoms with Gasteiger partial charge in [-0.2, -0.15) is 0 Å². The molecule has 0 amide bonds. The highest BCUT2D eigenvalue weighted by Crippen LogP contribution is 2.27. The van der Waals surface area contributed by atoms with Crippen LogP contribution >= 0.6 is 23.5 Å². The second-order valence-electron chi connectivity index (χ2n) is 2.89. The summed E-state index contributed by atoms with van der Waals surface area (Å²) in [6.07, 6.45) is 3.39. The molecule has 0 fully saturated rings. The Bertz CT molecular complexity index is 214. The summed E-state index contributed by atoms with van der Waals surface area (Å²) < 4.78 is 11.8. The molecule has 0 spiro atoms. The fourth-order valence-corrected chi connectivity index (χ4v) is 2.63. The molecule has 14 heavy (non-hydrogen) atoms. The van der Waals surface area contributed by atoms with E-state index in [2.05, 4.69) is 0 Å². The highest BCUT2D eigenvalue weighted by Gasteiger charge is 2.08. The van der Waals surface area contributed by atoms with Gasteiger partial charge in [0.2, 0.25) is 0 Å². The predicted molar refractivity (Wildman–Crippen MR) is 64.6 cm³/mol. The quantitative estimate of drug-likeness (QED) is 0.496. The average Bonchev–Trinajstić information content (AvgIpc) is 2.16. The number of hydrogen-bond donors (Lipinski definition) is 0. The first-order valence-corrected chi connectivity index (χ1v) is 6.79. The molecule has 0 aliphatic rings. The van der Waals surface area contributed by atoms with Crippen LogP contribution < -0.4 is 0 Å². The third-order valence-corrected chi connectivity index (χ3v) is 4.04. The van der Waals surface area contributed by atoms with E-state index in [-0.39, 0.29) is 12.5 Å². The summed E-state index contributed by atoms with van der Waals surface area (Å²) in [5.74, 6) is 0.943. The number of halogens is 1. The van der Waals surface area contributed by atoms with Gasteiger partial charge in [-0.25, -0.2) is 0 Å². The number of carbonyl (C=O) groups excluding carboxylic acids is 1. The number of Topliss-reactive ketones (excluding diaryl/α,β-unsaturated/α-hetero) is 1. The molecule has 0 saturated heterocycles. The molecule has 0 bridgehead atoms. The van der Waals surface area contributed by atoms with E-state index in [1.54, 1.807) is 30.4 Å². The first-order chi connectivity index (χ1) is 6.63. The van der Waals surface area contributed by atoms with Gasteiger partial charge in [-0.05, 0) is 43.6 Å². The van der Waals surface area contributed by atoms with E-state index in [0.717, 1.165) is 22.0 Å². The number of ketones is 1. The minimum absolute atomic E-state index is 0.113. The monoisotopic (exact) mass is 236 g/mol. The van der Waals surface area contributed by atoms with Crippen molar-refractivity contribution < 1.29 is 9.18 Å². The van der Waals surface area contributed by atoms with Crippen LogP contribution in [-0.2, 0) is 4.79 Å². The Hall–Kier alpha value is 0.0400. The smallest absolute Gasteiger partial charge is 0.166 e. The normalized spacial score (nSPS) is 12.6. The summed E-state index contributed by atoms with van der Waals surface area (Å²) >= 11 is 3.13. The minimum atomic E-state index is -0.263. The van der Waals surface area contributed by atoms with E-state index in [0.29, 0.717) is 6.42 Å². The van der Waals surface area contributed by atoms with Crippen molar-refractivity contribution >= 4 is 29.3 Å². The molecule has 0 aromatic rings. The lowest BCUT2D eigenvalue weighted by molar-refractivity contribution is -0.112. The molecule has 0 radical (unpaired) electrons. The molecule has 0 atom stereocenters. The lowest BCUT2D eigenvalue weighted by Gasteiger charge is -2.06. The highest BCUT2D eigenvalue weighted by molar-refractivity contribution is 8.07. The molecule has 82 valence electrons. The Labute approximate surface area is 93.9 Å². The number of carbonyl (C=O) groups is 1. The summed E-state index contributed by atoms with van der Waals surface area (Å²) in [7, 11) is 0. The molecular formula is C10H17FOS2. The molecule has 0 heterocycles. The SMILES string of the molecule is CS/C(C)=C(/SCCCCF)C(C)=O. The molecule has 0 aromatic carbocycles. The summed E-state index contributed by atoms with van der Waals surface area (Å²) in [6, 6.07) is 0. The summed E-state index contributed by atoms with van der Waals surface area (Å²) in [6.45, 7) is 3.27. The zero-order valence-corrected chi connectivity index (χ0v) is 10.6. The van der Waals surface area contributed by atoms with E-state index in [1.165, 1.54) is 0 Å². The topological polar surface area (TPSA) is 17.1 Å². The predicted octanol–water partition coefficient (Wildman–Crippen LogP) is 3.65. The van der Waals surface area contributed by atoms with Crippen molar-refractivity contribution in [3.63, 3.8) is 0 Å². The second kappa shape index (κ2) is 8.36. The van der Waals surface area contributed by atoms with Crippen molar-refractivity contribution in [1.29, 1.82) is 0 Å². The summed E-state index contributed by atoms with van der Waals surface area (Å²) in [5, 5.41) is 0. The van der Waals surface area contributed by atoms with Crippen LogP contribution in [0.25, 0.3) is 0 Å². The molecule has 0 rings (SSSR count). The number of alkyl halides is 1. The van der Waals surface area contributed by atoms with Crippen LogP contribution in [-0.4, -0.2) is 24.5 Å². The zero-order chi connectivity index (χ0) is 11.0. The van der Waals surface area contributed by atoms with Crippen LogP contribution in [0.3, 0.4) is 0 Å². The maximum atomic E-state index is 11.8. The van der Waals surface area contributed by atoms with Gasteiger partial charge in [-0.1, -0.05) is 0 Å².